The Morgan fingerprint density at radius 3 is 2.63 bits per heavy atom. The van der Waals surface area contributed by atoms with Crippen LogP contribution in [-0.4, -0.2) is 35.8 Å². The quantitative estimate of drug-likeness (QED) is 0.501. The van der Waals surface area contributed by atoms with E-state index in [4.69, 9.17) is 23.8 Å². The molecule has 27 heavy (non-hydrogen) atoms. The van der Waals surface area contributed by atoms with Gasteiger partial charge in [0.25, 0.3) is 0 Å². The molecule has 3 aromatic rings. The predicted octanol–water partition coefficient (Wildman–Crippen LogP) is 3.61. The van der Waals surface area contributed by atoms with Gasteiger partial charge in [0.05, 0.1) is 16.1 Å². The van der Waals surface area contributed by atoms with Crippen LogP contribution >= 0.6 is 23.8 Å². The zero-order valence-electron chi connectivity index (χ0n) is 14.1. The number of aromatic amines is 1. The van der Waals surface area contributed by atoms with E-state index in [1.54, 1.807) is 18.2 Å². The van der Waals surface area contributed by atoms with Crippen LogP contribution < -0.4 is 0 Å². The summed E-state index contributed by atoms with van der Waals surface area (Å²) in [6.07, 6.45) is 2.77. The highest BCUT2D eigenvalue weighted by atomic mass is 35.5. The Kier molecular flexibility index (Phi) is 5.54. The first-order valence-corrected chi connectivity index (χ1v) is 10.4. The van der Waals surface area contributed by atoms with Crippen LogP contribution in [0, 0.1) is 10.6 Å². The van der Waals surface area contributed by atoms with Gasteiger partial charge < -0.3 is 0 Å². The standard InChI is InChI=1S/C17H14ClFN4O2S2/c1-27(24,25)12-7-5-11(6-8-12)9-16-21-22-17(26)23(16)20-10-13-14(18)3-2-4-15(13)19/h2-8,10H,9H2,1H3,(H,22,26)/b20-10+. The normalized spacial score (nSPS) is 12.0. The van der Waals surface area contributed by atoms with Gasteiger partial charge in [-0.15, -0.1) is 0 Å². The number of sulfone groups is 1. The summed E-state index contributed by atoms with van der Waals surface area (Å²) in [6.45, 7) is 0. The van der Waals surface area contributed by atoms with Crippen LogP contribution in [0.2, 0.25) is 5.02 Å². The van der Waals surface area contributed by atoms with Gasteiger partial charge in [-0.25, -0.2) is 12.8 Å². The molecule has 0 saturated carbocycles. The van der Waals surface area contributed by atoms with E-state index in [0.717, 1.165) is 11.8 Å². The van der Waals surface area contributed by atoms with E-state index in [2.05, 4.69) is 15.3 Å². The summed E-state index contributed by atoms with van der Waals surface area (Å²) >= 11 is 11.2. The molecular weight excluding hydrogens is 411 g/mol. The second kappa shape index (κ2) is 7.71. The average molecular weight is 425 g/mol. The lowest BCUT2D eigenvalue weighted by molar-refractivity contribution is 0.602. The van der Waals surface area contributed by atoms with Crippen molar-refractivity contribution in [2.75, 3.05) is 6.26 Å². The summed E-state index contributed by atoms with van der Waals surface area (Å²) in [4.78, 5) is 0.234. The van der Waals surface area contributed by atoms with E-state index in [1.165, 1.54) is 35.2 Å². The Morgan fingerprint density at radius 2 is 2.00 bits per heavy atom. The third kappa shape index (κ3) is 4.49. The zero-order chi connectivity index (χ0) is 19.6. The number of aromatic nitrogens is 3. The first kappa shape index (κ1) is 19.4. The molecule has 10 heteroatoms. The molecule has 0 amide bonds. The number of benzene rings is 2. The molecule has 140 valence electrons. The summed E-state index contributed by atoms with van der Waals surface area (Å²) in [5, 5.41) is 11.2. The van der Waals surface area contributed by atoms with Gasteiger partial charge in [-0.05, 0) is 42.0 Å². The first-order valence-electron chi connectivity index (χ1n) is 7.69. The topological polar surface area (TPSA) is 80.1 Å². The van der Waals surface area contributed by atoms with Gasteiger partial charge in [-0.2, -0.15) is 14.9 Å². The molecule has 0 atom stereocenters. The lowest BCUT2D eigenvalue weighted by Gasteiger charge is -2.04. The van der Waals surface area contributed by atoms with Crippen molar-refractivity contribution in [3.05, 3.63) is 75.0 Å². The van der Waals surface area contributed by atoms with Crippen molar-refractivity contribution in [2.24, 2.45) is 5.10 Å². The highest BCUT2D eigenvalue weighted by Crippen LogP contribution is 2.17. The summed E-state index contributed by atoms with van der Waals surface area (Å²) in [5.41, 5.74) is 0.961. The number of nitrogens with zero attached hydrogens (tertiary/aromatic N) is 3. The third-order valence-corrected chi connectivity index (χ3v) is 5.46. The van der Waals surface area contributed by atoms with Crippen molar-refractivity contribution in [3.8, 4) is 0 Å². The number of hydrogen-bond acceptors (Lipinski definition) is 5. The minimum absolute atomic E-state index is 0.144. The molecule has 6 nitrogen and oxygen atoms in total. The van der Waals surface area contributed by atoms with Gasteiger partial charge in [-0.3, -0.25) is 5.10 Å². The molecule has 0 aliphatic carbocycles. The molecule has 1 aromatic heterocycles. The van der Waals surface area contributed by atoms with Crippen molar-refractivity contribution < 1.29 is 12.8 Å². The van der Waals surface area contributed by atoms with Crippen LogP contribution in [0.1, 0.15) is 17.0 Å². The maximum Gasteiger partial charge on any atom is 0.216 e. The van der Waals surface area contributed by atoms with E-state index in [-0.39, 0.29) is 20.3 Å². The van der Waals surface area contributed by atoms with Crippen LogP contribution in [0.25, 0.3) is 0 Å². The van der Waals surface area contributed by atoms with Crippen LogP contribution in [0.15, 0.2) is 52.5 Å². The molecule has 1 heterocycles. The second-order valence-corrected chi connectivity index (χ2v) is 8.54. The van der Waals surface area contributed by atoms with Gasteiger partial charge in [0.1, 0.15) is 5.82 Å². The lowest BCUT2D eigenvalue weighted by Crippen LogP contribution is -2.02. The molecule has 0 unspecified atom stereocenters. The minimum Gasteiger partial charge on any atom is -0.250 e. The van der Waals surface area contributed by atoms with Crippen molar-refractivity contribution in [1.82, 2.24) is 14.9 Å². The fraction of sp³-hybridized carbons (Fsp3) is 0.118. The molecule has 0 radical (unpaired) electrons. The Bertz CT molecular complexity index is 1150. The van der Waals surface area contributed by atoms with Crippen molar-refractivity contribution >= 4 is 39.9 Å². The fourth-order valence-electron chi connectivity index (χ4n) is 2.34. The SMILES string of the molecule is CS(=O)(=O)c1ccc(Cc2n[nH]c(=S)n2/N=C/c2c(F)cccc2Cl)cc1. The maximum atomic E-state index is 13.9. The zero-order valence-corrected chi connectivity index (χ0v) is 16.4. The monoisotopic (exact) mass is 424 g/mol. The maximum absolute atomic E-state index is 13.9. The summed E-state index contributed by atoms with van der Waals surface area (Å²) in [6, 6.07) is 10.8. The Morgan fingerprint density at radius 1 is 1.30 bits per heavy atom. The molecule has 3 rings (SSSR count). The van der Waals surface area contributed by atoms with E-state index >= 15 is 0 Å². The van der Waals surface area contributed by atoms with E-state index < -0.39 is 15.7 Å². The van der Waals surface area contributed by atoms with Crippen molar-refractivity contribution in [2.45, 2.75) is 11.3 Å². The van der Waals surface area contributed by atoms with Crippen LogP contribution in [0.5, 0.6) is 0 Å². The number of hydrogen-bond donors (Lipinski definition) is 1. The summed E-state index contributed by atoms with van der Waals surface area (Å²) in [7, 11) is -3.26. The molecule has 0 spiro atoms. The summed E-state index contributed by atoms with van der Waals surface area (Å²) < 4.78 is 38.6. The molecule has 0 aliphatic rings. The molecule has 1 N–H and O–H groups in total. The van der Waals surface area contributed by atoms with Crippen molar-refractivity contribution in [3.63, 3.8) is 0 Å². The Balaban J connectivity index is 1.89. The molecular formula is C17H14ClFN4O2S2. The highest BCUT2D eigenvalue weighted by Gasteiger charge is 2.10. The molecule has 0 aliphatic heterocycles. The number of halogens is 2. The smallest absolute Gasteiger partial charge is 0.216 e. The van der Waals surface area contributed by atoms with Crippen LogP contribution in [0.3, 0.4) is 0 Å². The van der Waals surface area contributed by atoms with Gasteiger partial charge in [-0.1, -0.05) is 29.8 Å². The van der Waals surface area contributed by atoms with Gasteiger partial charge in [0.2, 0.25) is 4.77 Å². The number of rotatable bonds is 5. The highest BCUT2D eigenvalue weighted by molar-refractivity contribution is 7.90. The third-order valence-electron chi connectivity index (χ3n) is 3.73. The number of nitrogens with one attached hydrogen (secondary N) is 1. The van der Waals surface area contributed by atoms with Crippen LogP contribution in [0.4, 0.5) is 4.39 Å². The first-order chi connectivity index (χ1) is 12.8. The molecule has 0 bridgehead atoms. The van der Waals surface area contributed by atoms with Gasteiger partial charge >= 0.3 is 0 Å². The van der Waals surface area contributed by atoms with E-state index in [9.17, 15) is 12.8 Å². The summed E-state index contributed by atoms with van der Waals surface area (Å²) in [5.74, 6) is -0.0185. The molecule has 0 saturated heterocycles. The van der Waals surface area contributed by atoms with Crippen LogP contribution in [-0.2, 0) is 16.3 Å². The second-order valence-electron chi connectivity index (χ2n) is 5.73. The largest absolute Gasteiger partial charge is 0.250 e. The lowest BCUT2D eigenvalue weighted by atomic mass is 10.1. The fourth-order valence-corrected chi connectivity index (χ4v) is 3.38. The van der Waals surface area contributed by atoms with E-state index in [1.807, 2.05) is 0 Å². The molecule has 0 fully saturated rings. The minimum atomic E-state index is -3.26. The Labute approximate surface area is 165 Å². The molecule has 2 aromatic carbocycles. The van der Waals surface area contributed by atoms with Gasteiger partial charge in [0.15, 0.2) is 15.7 Å². The Hall–Kier alpha value is -2.36. The predicted molar refractivity (Wildman–Crippen MR) is 104 cm³/mol. The number of H-pyrrole nitrogens is 1. The van der Waals surface area contributed by atoms with E-state index in [0.29, 0.717) is 12.2 Å². The average Bonchev–Trinajstić information content (AvgIpc) is 2.94. The van der Waals surface area contributed by atoms with Gasteiger partial charge in [0, 0.05) is 18.2 Å². The van der Waals surface area contributed by atoms with Crippen molar-refractivity contribution in [1.29, 1.82) is 0 Å².